The third-order valence-electron chi connectivity index (χ3n) is 4.49. The monoisotopic (exact) mass is 294 g/mol. The maximum atomic E-state index is 11.3. The highest BCUT2D eigenvalue weighted by molar-refractivity contribution is 7.15. The molecule has 1 aromatic rings. The third-order valence-corrected chi connectivity index (χ3v) is 5.69. The van der Waals surface area contributed by atoms with Crippen LogP contribution in [0.5, 0.6) is 0 Å². The molecule has 0 saturated carbocycles. The molecule has 0 spiro atoms. The topological polar surface area (TPSA) is 53.4 Å². The second-order valence-corrected chi connectivity index (χ2v) is 7.04. The van der Waals surface area contributed by atoms with Crippen LogP contribution in [0.25, 0.3) is 0 Å². The van der Waals surface area contributed by atoms with Gasteiger partial charge in [0.2, 0.25) is 0 Å². The summed E-state index contributed by atoms with van der Waals surface area (Å²) >= 11 is 1.73. The molecule has 110 valence electrons. The molecule has 1 aliphatic heterocycles. The Hall–Kier alpha value is -1.10. The summed E-state index contributed by atoms with van der Waals surface area (Å²) in [5.74, 6) is -0.304. The number of aromatic nitrogens is 1. The number of aryl methyl sites for hydroxylation is 1. The molecule has 1 saturated heterocycles. The first-order valence-corrected chi connectivity index (χ1v) is 8.48. The van der Waals surface area contributed by atoms with E-state index in [0.717, 1.165) is 49.1 Å². The van der Waals surface area contributed by atoms with E-state index in [4.69, 9.17) is 4.98 Å². The molecule has 1 aromatic heterocycles. The highest BCUT2D eigenvalue weighted by Crippen LogP contribution is 2.39. The molecular weight excluding hydrogens is 272 g/mol. The van der Waals surface area contributed by atoms with E-state index >= 15 is 0 Å². The number of carboxylic acid groups (broad SMARTS) is 1. The Bertz CT molecular complexity index is 500. The van der Waals surface area contributed by atoms with Gasteiger partial charge in [-0.05, 0) is 38.0 Å². The van der Waals surface area contributed by atoms with Crippen LogP contribution in [-0.2, 0) is 11.2 Å². The standard InChI is InChI=1S/C15H22N2O2S/c1-2-4-10-7-8-17(9-10)15-16-13-11(14(18)19)5-3-6-12(13)20-15/h10-11H,2-9H2,1H3,(H,18,19). The van der Waals surface area contributed by atoms with Crippen LogP contribution in [-0.4, -0.2) is 29.1 Å². The Morgan fingerprint density at radius 1 is 1.50 bits per heavy atom. The van der Waals surface area contributed by atoms with Gasteiger partial charge >= 0.3 is 5.97 Å². The molecule has 2 atom stereocenters. The van der Waals surface area contributed by atoms with Crippen molar-refractivity contribution in [1.29, 1.82) is 0 Å². The molecule has 0 bridgehead atoms. The van der Waals surface area contributed by atoms with Crippen molar-refractivity contribution in [2.45, 2.75) is 51.4 Å². The van der Waals surface area contributed by atoms with Crippen LogP contribution in [0.4, 0.5) is 5.13 Å². The van der Waals surface area contributed by atoms with E-state index in [2.05, 4.69) is 11.8 Å². The van der Waals surface area contributed by atoms with Gasteiger partial charge in [-0.15, -0.1) is 11.3 Å². The Morgan fingerprint density at radius 2 is 2.35 bits per heavy atom. The number of carboxylic acids is 1. The molecule has 1 fully saturated rings. The van der Waals surface area contributed by atoms with Gasteiger partial charge in [-0.25, -0.2) is 4.98 Å². The summed E-state index contributed by atoms with van der Waals surface area (Å²) in [5, 5.41) is 10.4. The lowest BCUT2D eigenvalue weighted by Crippen LogP contribution is -2.20. The average Bonchev–Trinajstić information content (AvgIpc) is 3.03. The molecule has 1 aliphatic carbocycles. The largest absolute Gasteiger partial charge is 0.481 e. The van der Waals surface area contributed by atoms with Crippen LogP contribution < -0.4 is 4.90 Å². The molecule has 2 heterocycles. The van der Waals surface area contributed by atoms with Gasteiger partial charge in [0.05, 0.1) is 5.69 Å². The lowest BCUT2D eigenvalue weighted by Gasteiger charge is -2.16. The first kappa shape index (κ1) is 13.9. The fraction of sp³-hybridized carbons (Fsp3) is 0.733. The lowest BCUT2D eigenvalue weighted by atomic mass is 9.91. The van der Waals surface area contributed by atoms with Crippen molar-refractivity contribution in [3.05, 3.63) is 10.6 Å². The van der Waals surface area contributed by atoms with E-state index in [1.54, 1.807) is 11.3 Å². The van der Waals surface area contributed by atoms with Gasteiger partial charge in [-0.1, -0.05) is 13.3 Å². The zero-order valence-corrected chi connectivity index (χ0v) is 12.8. The van der Waals surface area contributed by atoms with Crippen LogP contribution >= 0.6 is 11.3 Å². The van der Waals surface area contributed by atoms with Crippen molar-refractivity contribution in [3.63, 3.8) is 0 Å². The van der Waals surface area contributed by atoms with E-state index in [0.29, 0.717) is 0 Å². The first-order valence-electron chi connectivity index (χ1n) is 7.66. The van der Waals surface area contributed by atoms with E-state index in [1.807, 2.05) is 0 Å². The molecule has 0 aromatic carbocycles. The molecule has 2 unspecified atom stereocenters. The summed E-state index contributed by atoms with van der Waals surface area (Å²) in [5.41, 5.74) is 0.850. The number of anilines is 1. The zero-order chi connectivity index (χ0) is 14.1. The van der Waals surface area contributed by atoms with Gasteiger partial charge in [0.1, 0.15) is 5.92 Å². The second-order valence-electron chi connectivity index (χ2n) is 5.98. The van der Waals surface area contributed by atoms with Gasteiger partial charge in [-0.2, -0.15) is 0 Å². The van der Waals surface area contributed by atoms with Crippen molar-refractivity contribution >= 4 is 22.4 Å². The summed E-state index contributed by atoms with van der Waals surface area (Å²) in [6.07, 6.45) is 6.50. The summed E-state index contributed by atoms with van der Waals surface area (Å²) in [4.78, 5) is 19.6. The van der Waals surface area contributed by atoms with Gasteiger partial charge in [0, 0.05) is 18.0 Å². The van der Waals surface area contributed by atoms with Crippen molar-refractivity contribution in [1.82, 2.24) is 4.98 Å². The number of fused-ring (bicyclic) bond motifs is 1. The van der Waals surface area contributed by atoms with Gasteiger partial charge < -0.3 is 10.0 Å². The average molecular weight is 294 g/mol. The minimum Gasteiger partial charge on any atom is -0.481 e. The lowest BCUT2D eigenvalue weighted by molar-refractivity contribution is -0.139. The Kier molecular flexibility index (Phi) is 3.96. The molecule has 0 amide bonds. The molecule has 5 heteroatoms. The summed E-state index contributed by atoms with van der Waals surface area (Å²) in [7, 11) is 0. The van der Waals surface area contributed by atoms with Crippen LogP contribution in [0.2, 0.25) is 0 Å². The molecule has 4 nitrogen and oxygen atoms in total. The molecular formula is C15H22N2O2S. The fourth-order valence-electron chi connectivity index (χ4n) is 3.43. The smallest absolute Gasteiger partial charge is 0.312 e. The third kappa shape index (κ3) is 2.55. The van der Waals surface area contributed by atoms with E-state index in [1.165, 1.54) is 24.1 Å². The molecule has 0 radical (unpaired) electrons. The molecule has 3 rings (SSSR count). The number of thiazole rings is 1. The summed E-state index contributed by atoms with van der Waals surface area (Å²) in [6, 6.07) is 0. The normalized spacial score (nSPS) is 25.8. The van der Waals surface area contributed by atoms with Crippen molar-refractivity contribution < 1.29 is 9.90 Å². The Balaban J connectivity index is 1.78. The Labute approximate surface area is 123 Å². The van der Waals surface area contributed by atoms with Crippen LogP contribution in [0.3, 0.4) is 0 Å². The molecule has 20 heavy (non-hydrogen) atoms. The van der Waals surface area contributed by atoms with Gasteiger partial charge in [0.25, 0.3) is 0 Å². The van der Waals surface area contributed by atoms with Crippen molar-refractivity contribution in [2.24, 2.45) is 5.92 Å². The SMILES string of the molecule is CCCC1CCN(c2nc3c(s2)CCCC3C(=O)O)C1. The van der Waals surface area contributed by atoms with Crippen LogP contribution in [0.15, 0.2) is 0 Å². The number of hydrogen-bond acceptors (Lipinski definition) is 4. The zero-order valence-electron chi connectivity index (χ0n) is 12.0. The van der Waals surface area contributed by atoms with E-state index in [-0.39, 0.29) is 5.92 Å². The quantitative estimate of drug-likeness (QED) is 0.926. The summed E-state index contributed by atoms with van der Waals surface area (Å²) in [6.45, 7) is 4.41. The number of rotatable bonds is 4. The number of nitrogens with zero attached hydrogens (tertiary/aromatic N) is 2. The molecule has 2 aliphatic rings. The van der Waals surface area contributed by atoms with Gasteiger partial charge in [-0.3, -0.25) is 4.79 Å². The fourth-order valence-corrected chi connectivity index (χ4v) is 4.63. The number of aliphatic carboxylic acids is 1. The number of carbonyl (C=O) groups is 1. The van der Waals surface area contributed by atoms with E-state index in [9.17, 15) is 9.90 Å². The van der Waals surface area contributed by atoms with Crippen LogP contribution in [0.1, 0.15) is 55.5 Å². The predicted molar refractivity (Wildman–Crippen MR) is 80.7 cm³/mol. The predicted octanol–water partition coefficient (Wildman–Crippen LogP) is 3.27. The minimum atomic E-state index is -0.715. The first-order chi connectivity index (χ1) is 9.69. The van der Waals surface area contributed by atoms with Crippen molar-refractivity contribution in [3.8, 4) is 0 Å². The highest BCUT2D eigenvalue weighted by atomic mass is 32.1. The maximum absolute atomic E-state index is 11.3. The summed E-state index contributed by atoms with van der Waals surface area (Å²) < 4.78 is 0. The Morgan fingerprint density at radius 3 is 3.10 bits per heavy atom. The molecule has 1 N–H and O–H groups in total. The van der Waals surface area contributed by atoms with Crippen molar-refractivity contribution in [2.75, 3.05) is 18.0 Å². The van der Waals surface area contributed by atoms with Crippen LogP contribution in [0, 0.1) is 5.92 Å². The maximum Gasteiger partial charge on any atom is 0.312 e. The highest BCUT2D eigenvalue weighted by Gasteiger charge is 2.32. The second kappa shape index (κ2) is 5.72. The minimum absolute atomic E-state index is 0.377. The van der Waals surface area contributed by atoms with Gasteiger partial charge in [0.15, 0.2) is 5.13 Å². The number of hydrogen-bond donors (Lipinski definition) is 1. The van der Waals surface area contributed by atoms with E-state index < -0.39 is 5.97 Å².